The van der Waals surface area contributed by atoms with E-state index >= 15 is 0 Å². The molecule has 0 radical (unpaired) electrons. The maximum atomic E-state index is 13.4. The highest BCUT2D eigenvalue weighted by Gasteiger charge is 2.34. The topological polar surface area (TPSA) is 59.2 Å². The van der Waals surface area contributed by atoms with Crippen molar-refractivity contribution >= 4 is 22.5 Å². The SMILES string of the molecule is COc1ccccc1-c1c(C)ccc2[nH]c3c(c12)C(=O)c1ccccc1C3=O. The normalized spacial score (nSPS) is 12.8. The molecule has 3 aromatic carbocycles. The highest BCUT2D eigenvalue weighted by molar-refractivity contribution is 6.33. The summed E-state index contributed by atoms with van der Waals surface area (Å²) in [5.74, 6) is 0.450. The second-order valence-electron chi connectivity index (χ2n) is 6.96. The van der Waals surface area contributed by atoms with E-state index in [1.54, 1.807) is 31.4 Å². The lowest BCUT2D eigenvalue weighted by atomic mass is 9.84. The second-order valence-corrected chi connectivity index (χ2v) is 6.96. The lowest BCUT2D eigenvalue weighted by Gasteiger charge is -2.16. The summed E-state index contributed by atoms with van der Waals surface area (Å²) in [5, 5.41) is 0.771. The number of fused-ring (bicyclic) bond motifs is 4. The van der Waals surface area contributed by atoms with Crippen LogP contribution in [0, 0.1) is 6.92 Å². The van der Waals surface area contributed by atoms with Crippen LogP contribution in [0.25, 0.3) is 22.0 Å². The van der Waals surface area contributed by atoms with E-state index in [-0.39, 0.29) is 11.6 Å². The van der Waals surface area contributed by atoms with E-state index in [4.69, 9.17) is 4.74 Å². The Morgan fingerprint density at radius 1 is 0.750 bits per heavy atom. The Bertz CT molecular complexity index is 1300. The van der Waals surface area contributed by atoms with Gasteiger partial charge in [0.1, 0.15) is 5.75 Å². The maximum Gasteiger partial charge on any atom is 0.210 e. The first kappa shape index (κ1) is 16.5. The fraction of sp³-hybridized carbons (Fsp3) is 0.0833. The van der Waals surface area contributed by atoms with Crippen molar-refractivity contribution in [2.75, 3.05) is 7.11 Å². The van der Waals surface area contributed by atoms with Gasteiger partial charge in [0.15, 0.2) is 5.78 Å². The monoisotopic (exact) mass is 367 g/mol. The molecule has 4 nitrogen and oxygen atoms in total. The van der Waals surface area contributed by atoms with Crippen molar-refractivity contribution in [3.8, 4) is 16.9 Å². The number of aromatic amines is 1. The van der Waals surface area contributed by atoms with Crippen LogP contribution in [0.4, 0.5) is 0 Å². The summed E-state index contributed by atoms with van der Waals surface area (Å²) >= 11 is 0. The number of ketones is 2. The molecule has 1 aliphatic rings. The van der Waals surface area contributed by atoms with E-state index in [1.807, 2.05) is 43.3 Å². The van der Waals surface area contributed by atoms with Gasteiger partial charge in [0.25, 0.3) is 0 Å². The van der Waals surface area contributed by atoms with Gasteiger partial charge in [-0.2, -0.15) is 0 Å². The third-order valence-electron chi connectivity index (χ3n) is 5.42. The minimum atomic E-state index is -0.148. The first-order chi connectivity index (χ1) is 13.6. The zero-order chi connectivity index (χ0) is 19.4. The van der Waals surface area contributed by atoms with Crippen LogP contribution in [-0.2, 0) is 0 Å². The number of hydrogen-bond acceptors (Lipinski definition) is 3. The molecule has 0 bridgehead atoms. The van der Waals surface area contributed by atoms with Crippen LogP contribution in [0.1, 0.15) is 37.5 Å². The summed E-state index contributed by atoms with van der Waals surface area (Å²) in [6.45, 7) is 2.00. The first-order valence-corrected chi connectivity index (χ1v) is 9.09. The molecule has 1 heterocycles. The van der Waals surface area contributed by atoms with Crippen LogP contribution >= 0.6 is 0 Å². The van der Waals surface area contributed by atoms with Gasteiger partial charge < -0.3 is 9.72 Å². The summed E-state index contributed by atoms with van der Waals surface area (Å²) in [6, 6.07) is 18.6. The predicted octanol–water partition coefficient (Wildman–Crippen LogP) is 4.93. The van der Waals surface area contributed by atoms with Crippen molar-refractivity contribution in [1.29, 1.82) is 0 Å². The van der Waals surface area contributed by atoms with Crippen molar-refractivity contribution in [2.24, 2.45) is 0 Å². The number of aromatic nitrogens is 1. The van der Waals surface area contributed by atoms with Gasteiger partial charge in [0.05, 0.1) is 18.4 Å². The number of carbonyl (C=O) groups is 2. The van der Waals surface area contributed by atoms with Crippen LogP contribution in [0.15, 0.2) is 60.7 Å². The van der Waals surface area contributed by atoms with E-state index in [1.165, 1.54) is 0 Å². The van der Waals surface area contributed by atoms with E-state index in [0.29, 0.717) is 22.4 Å². The molecule has 4 heteroatoms. The lowest BCUT2D eigenvalue weighted by Crippen LogP contribution is -2.20. The van der Waals surface area contributed by atoms with Crippen LogP contribution < -0.4 is 4.74 Å². The molecule has 0 aliphatic heterocycles. The lowest BCUT2D eigenvalue weighted by molar-refractivity contribution is 0.0978. The molecule has 0 atom stereocenters. The fourth-order valence-corrected chi connectivity index (χ4v) is 4.14. The Balaban J connectivity index is 1.91. The molecule has 1 aromatic heterocycles. The molecule has 1 N–H and O–H groups in total. The number of rotatable bonds is 2. The quantitative estimate of drug-likeness (QED) is 0.481. The standard InChI is InChI=1S/C24H17NO3/c1-13-11-12-17-20(19(13)16-9-5-6-10-18(16)28-2)21-22(25-17)24(27)15-8-4-3-7-14(15)23(21)26/h3-12,25H,1-2H3. The molecule has 0 unspecified atom stereocenters. The third kappa shape index (κ3) is 2.12. The number of carbonyl (C=O) groups excluding carboxylic acids is 2. The summed E-state index contributed by atoms with van der Waals surface area (Å²) in [4.78, 5) is 29.6. The molecule has 0 amide bonds. The number of methoxy groups -OCH3 is 1. The Morgan fingerprint density at radius 3 is 2.11 bits per heavy atom. The van der Waals surface area contributed by atoms with Crippen molar-refractivity contribution in [3.05, 3.63) is 88.6 Å². The van der Waals surface area contributed by atoms with Gasteiger partial charge in [-0.1, -0.05) is 48.5 Å². The average molecular weight is 367 g/mol. The van der Waals surface area contributed by atoms with Gasteiger partial charge in [-0.15, -0.1) is 0 Å². The molecule has 0 saturated carbocycles. The summed E-state index contributed by atoms with van der Waals surface area (Å²) in [6.07, 6.45) is 0. The van der Waals surface area contributed by atoms with Gasteiger partial charge in [-0.25, -0.2) is 0 Å². The maximum absolute atomic E-state index is 13.4. The molecule has 1 aliphatic carbocycles. The molecule has 28 heavy (non-hydrogen) atoms. The van der Waals surface area contributed by atoms with Crippen molar-refractivity contribution in [1.82, 2.24) is 4.98 Å². The van der Waals surface area contributed by atoms with E-state index in [9.17, 15) is 9.59 Å². The van der Waals surface area contributed by atoms with E-state index in [2.05, 4.69) is 4.98 Å². The number of aryl methyl sites for hydroxylation is 1. The molecule has 0 fully saturated rings. The number of benzene rings is 3. The largest absolute Gasteiger partial charge is 0.496 e. The van der Waals surface area contributed by atoms with Gasteiger partial charge in [0.2, 0.25) is 5.78 Å². The van der Waals surface area contributed by atoms with Crippen LogP contribution in [0.2, 0.25) is 0 Å². The second kappa shape index (κ2) is 5.92. The molecule has 0 spiro atoms. The van der Waals surface area contributed by atoms with Gasteiger partial charge in [0, 0.05) is 27.6 Å². The number of nitrogens with one attached hydrogen (secondary N) is 1. The zero-order valence-electron chi connectivity index (χ0n) is 15.5. The van der Waals surface area contributed by atoms with Crippen LogP contribution in [0.5, 0.6) is 5.75 Å². The van der Waals surface area contributed by atoms with Crippen molar-refractivity contribution in [2.45, 2.75) is 6.92 Å². The number of hydrogen-bond donors (Lipinski definition) is 1. The highest BCUT2D eigenvalue weighted by atomic mass is 16.5. The highest BCUT2D eigenvalue weighted by Crippen LogP contribution is 2.42. The summed E-state index contributed by atoms with van der Waals surface area (Å²) < 4.78 is 5.57. The van der Waals surface area contributed by atoms with Gasteiger partial charge in [-0.3, -0.25) is 9.59 Å². The van der Waals surface area contributed by atoms with Gasteiger partial charge >= 0.3 is 0 Å². The van der Waals surface area contributed by atoms with Crippen molar-refractivity contribution < 1.29 is 14.3 Å². The molecule has 5 rings (SSSR count). The average Bonchev–Trinajstić information content (AvgIpc) is 3.12. The fourth-order valence-electron chi connectivity index (χ4n) is 4.14. The van der Waals surface area contributed by atoms with E-state index < -0.39 is 0 Å². The molecule has 136 valence electrons. The summed E-state index contributed by atoms with van der Waals surface area (Å²) in [7, 11) is 1.63. The Morgan fingerprint density at radius 2 is 1.39 bits per heavy atom. The van der Waals surface area contributed by atoms with Gasteiger partial charge in [-0.05, 0) is 30.2 Å². The number of para-hydroxylation sites is 1. The molecule has 4 aromatic rings. The molecule has 0 saturated heterocycles. The molecular weight excluding hydrogens is 350 g/mol. The van der Waals surface area contributed by atoms with E-state index in [0.717, 1.165) is 33.3 Å². The minimum absolute atomic E-state index is 0.127. The van der Waals surface area contributed by atoms with Crippen LogP contribution in [0.3, 0.4) is 0 Å². The first-order valence-electron chi connectivity index (χ1n) is 9.09. The number of ether oxygens (including phenoxy) is 1. The zero-order valence-corrected chi connectivity index (χ0v) is 15.5. The Labute approximate surface area is 161 Å². The Hall–Kier alpha value is -3.66. The van der Waals surface area contributed by atoms with Crippen molar-refractivity contribution in [3.63, 3.8) is 0 Å². The molecular formula is C24H17NO3. The predicted molar refractivity (Wildman–Crippen MR) is 108 cm³/mol. The Kier molecular flexibility index (Phi) is 3.49. The summed E-state index contributed by atoms with van der Waals surface area (Å²) in [5.41, 5.74) is 5.30. The minimum Gasteiger partial charge on any atom is -0.496 e. The number of H-pyrrole nitrogens is 1. The third-order valence-corrected chi connectivity index (χ3v) is 5.42. The smallest absolute Gasteiger partial charge is 0.210 e. The van der Waals surface area contributed by atoms with Crippen LogP contribution in [-0.4, -0.2) is 23.7 Å².